The van der Waals surface area contributed by atoms with Gasteiger partial charge in [-0.25, -0.2) is 13.4 Å². The number of Topliss-reactive ketones (excluding diaryl/α,β-unsaturated/α-hetero) is 1. The minimum atomic E-state index is -3.38. The van der Waals surface area contributed by atoms with Gasteiger partial charge in [0.05, 0.1) is 17.4 Å². The van der Waals surface area contributed by atoms with Crippen LogP contribution in [0.3, 0.4) is 0 Å². The molecule has 0 fully saturated rings. The molecule has 0 saturated heterocycles. The maximum Gasteiger partial charge on any atom is 0.263 e. The van der Waals surface area contributed by atoms with Crippen molar-refractivity contribution in [3.8, 4) is 0 Å². The summed E-state index contributed by atoms with van der Waals surface area (Å²) in [6.07, 6.45) is 6.85. The number of fused-ring (bicyclic) bond motifs is 3. The quantitative estimate of drug-likeness (QED) is 0.223. The van der Waals surface area contributed by atoms with E-state index in [1.165, 1.54) is 16.6 Å². The number of hydrogen-bond acceptors (Lipinski definition) is 7. The summed E-state index contributed by atoms with van der Waals surface area (Å²) in [4.78, 5) is 32.7. The molecule has 0 amide bonds. The summed E-state index contributed by atoms with van der Waals surface area (Å²) in [5, 5.41) is 1.22. The van der Waals surface area contributed by atoms with Gasteiger partial charge in [-0.05, 0) is 55.5 Å². The van der Waals surface area contributed by atoms with Crippen molar-refractivity contribution in [1.82, 2.24) is 9.55 Å². The average molecular weight is 490 g/mol. The monoisotopic (exact) mass is 489 g/mol. The number of thiophene rings is 1. The van der Waals surface area contributed by atoms with Crippen LogP contribution in [0.25, 0.3) is 10.2 Å². The van der Waals surface area contributed by atoms with E-state index in [0.717, 1.165) is 47.7 Å². The molecular formula is C22H23N3O4S3. The largest absolute Gasteiger partial charge is 0.293 e. The molecule has 4 rings (SSSR count). The van der Waals surface area contributed by atoms with E-state index in [2.05, 4.69) is 11.3 Å². The molecule has 32 heavy (non-hydrogen) atoms. The van der Waals surface area contributed by atoms with Gasteiger partial charge in [0.25, 0.3) is 5.56 Å². The van der Waals surface area contributed by atoms with Crippen molar-refractivity contribution in [2.24, 2.45) is 0 Å². The van der Waals surface area contributed by atoms with Crippen molar-refractivity contribution in [3.05, 3.63) is 63.3 Å². The Hall–Kier alpha value is -2.43. The van der Waals surface area contributed by atoms with Gasteiger partial charge in [0.2, 0.25) is 10.0 Å². The molecule has 3 aromatic rings. The van der Waals surface area contributed by atoms with E-state index in [9.17, 15) is 18.0 Å². The third-order valence-electron chi connectivity index (χ3n) is 5.19. The summed E-state index contributed by atoms with van der Waals surface area (Å²) < 4.78 is 26.6. The van der Waals surface area contributed by atoms with Crippen molar-refractivity contribution in [2.75, 3.05) is 16.7 Å². The minimum absolute atomic E-state index is 0.0690. The van der Waals surface area contributed by atoms with Crippen LogP contribution in [0.2, 0.25) is 0 Å². The Labute approximate surface area is 194 Å². The third-order valence-corrected chi connectivity index (χ3v) is 7.96. The molecule has 168 valence electrons. The molecular weight excluding hydrogens is 466 g/mol. The normalized spacial score (nSPS) is 13.7. The molecule has 1 aromatic carbocycles. The molecule has 0 aliphatic heterocycles. The summed E-state index contributed by atoms with van der Waals surface area (Å²) >= 11 is 2.82. The number of anilines is 1. The number of hydrogen-bond donors (Lipinski definition) is 1. The fraction of sp³-hybridized carbons (Fsp3) is 0.318. The molecule has 0 atom stereocenters. The smallest absolute Gasteiger partial charge is 0.263 e. The summed E-state index contributed by atoms with van der Waals surface area (Å²) in [6, 6.07) is 6.26. The Kier molecular flexibility index (Phi) is 6.55. The first-order valence-electron chi connectivity index (χ1n) is 10.2. The van der Waals surface area contributed by atoms with Crippen LogP contribution >= 0.6 is 23.1 Å². The number of sulfonamides is 1. The fourth-order valence-corrected chi connectivity index (χ4v) is 6.54. The summed E-state index contributed by atoms with van der Waals surface area (Å²) in [5.74, 6) is -0.0233. The Morgan fingerprint density at radius 3 is 2.69 bits per heavy atom. The van der Waals surface area contributed by atoms with Gasteiger partial charge in [0.1, 0.15) is 4.83 Å². The van der Waals surface area contributed by atoms with E-state index < -0.39 is 10.0 Å². The number of aromatic nitrogens is 2. The number of carbonyl (C=O) groups is 1. The highest BCUT2D eigenvalue weighted by atomic mass is 32.2. The van der Waals surface area contributed by atoms with Gasteiger partial charge in [-0.1, -0.05) is 17.8 Å². The maximum atomic E-state index is 13.3. The number of allylic oxidation sites excluding steroid dienone is 1. The zero-order valence-electron chi connectivity index (χ0n) is 17.6. The zero-order valence-corrected chi connectivity index (χ0v) is 20.0. The predicted molar refractivity (Wildman–Crippen MR) is 131 cm³/mol. The first-order chi connectivity index (χ1) is 15.3. The van der Waals surface area contributed by atoms with E-state index in [1.807, 2.05) is 0 Å². The fourth-order valence-electron chi connectivity index (χ4n) is 3.77. The predicted octanol–water partition coefficient (Wildman–Crippen LogP) is 3.87. The van der Waals surface area contributed by atoms with Crippen molar-refractivity contribution in [3.63, 3.8) is 0 Å². The Morgan fingerprint density at radius 2 is 2.00 bits per heavy atom. The van der Waals surface area contributed by atoms with Crippen LogP contribution in [0.4, 0.5) is 5.69 Å². The highest BCUT2D eigenvalue weighted by Gasteiger charge is 2.22. The minimum Gasteiger partial charge on any atom is -0.293 e. The Morgan fingerprint density at radius 1 is 1.28 bits per heavy atom. The Bertz CT molecular complexity index is 1360. The number of aryl methyl sites for hydroxylation is 2. The molecule has 0 saturated carbocycles. The molecule has 0 spiro atoms. The van der Waals surface area contributed by atoms with Crippen molar-refractivity contribution in [2.45, 2.75) is 37.4 Å². The number of rotatable bonds is 8. The van der Waals surface area contributed by atoms with Gasteiger partial charge in [0, 0.05) is 22.7 Å². The molecule has 0 bridgehead atoms. The second-order valence-corrected chi connectivity index (χ2v) is 11.4. The van der Waals surface area contributed by atoms with Gasteiger partial charge in [-0.3, -0.25) is 18.9 Å². The van der Waals surface area contributed by atoms with E-state index in [0.29, 0.717) is 23.0 Å². The maximum absolute atomic E-state index is 13.3. The molecule has 2 heterocycles. The molecule has 0 radical (unpaired) electrons. The van der Waals surface area contributed by atoms with Crippen LogP contribution in [0, 0.1) is 0 Å². The highest BCUT2D eigenvalue weighted by Crippen LogP contribution is 2.34. The highest BCUT2D eigenvalue weighted by molar-refractivity contribution is 7.99. The number of nitrogens with one attached hydrogen (secondary N) is 1. The zero-order chi connectivity index (χ0) is 22.9. The summed E-state index contributed by atoms with van der Waals surface area (Å²) in [5.41, 5.74) is 1.93. The Balaban J connectivity index is 1.58. The average Bonchev–Trinajstić information content (AvgIpc) is 3.12. The lowest BCUT2D eigenvalue weighted by molar-refractivity contribution is 0.102. The van der Waals surface area contributed by atoms with Crippen LogP contribution in [-0.2, 0) is 29.4 Å². The van der Waals surface area contributed by atoms with Crippen LogP contribution in [-0.4, -0.2) is 35.8 Å². The first-order valence-corrected chi connectivity index (χ1v) is 13.9. The lowest BCUT2D eigenvalue weighted by Crippen LogP contribution is -2.23. The van der Waals surface area contributed by atoms with Crippen molar-refractivity contribution < 1.29 is 13.2 Å². The number of ketones is 1. The number of carbonyl (C=O) groups excluding carboxylic acids is 1. The lowest BCUT2D eigenvalue weighted by Gasteiger charge is -2.12. The third kappa shape index (κ3) is 4.82. The van der Waals surface area contributed by atoms with E-state index >= 15 is 0 Å². The molecule has 0 unspecified atom stereocenters. The van der Waals surface area contributed by atoms with Crippen LogP contribution in [0.15, 0.2) is 46.9 Å². The van der Waals surface area contributed by atoms with E-state index in [1.54, 1.807) is 46.2 Å². The molecule has 1 N–H and O–H groups in total. The first kappa shape index (κ1) is 22.8. The number of benzene rings is 1. The van der Waals surface area contributed by atoms with Crippen molar-refractivity contribution in [1.29, 1.82) is 0 Å². The van der Waals surface area contributed by atoms with Crippen LogP contribution in [0.5, 0.6) is 0 Å². The van der Waals surface area contributed by atoms with Gasteiger partial charge >= 0.3 is 0 Å². The topological polar surface area (TPSA) is 98.1 Å². The second kappa shape index (κ2) is 9.21. The van der Waals surface area contributed by atoms with Gasteiger partial charge in [-0.2, -0.15) is 0 Å². The van der Waals surface area contributed by atoms with Crippen LogP contribution < -0.4 is 10.3 Å². The molecule has 1 aliphatic rings. The molecule has 2 aromatic heterocycles. The molecule has 7 nitrogen and oxygen atoms in total. The number of thioether (sulfide) groups is 1. The second-order valence-electron chi connectivity index (χ2n) is 7.65. The van der Waals surface area contributed by atoms with Crippen LogP contribution in [0.1, 0.15) is 33.6 Å². The SMILES string of the molecule is C=CCn1c(SCC(=O)c2ccc(NS(C)(=O)=O)cc2)nc2sc3c(c2c1=O)CCCC3. The van der Waals surface area contributed by atoms with Gasteiger partial charge in [-0.15, -0.1) is 17.9 Å². The summed E-state index contributed by atoms with van der Waals surface area (Å²) in [6.45, 7) is 4.09. The van der Waals surface area contributed by atoms with Gasteiger partial charge < -0.3 is 0 Å². The standard InChI is InChI=1S/C22H23N3O4S3/c1-3-12-25-21(27)19-16-6-4-5-7-18(16)31-20(19)23-22(25)30-13-17(26)14-8-10-15(11-9-14)24-32(2,28)29/h3,8-11,24H,1,4-7,12-13H2,2H3. The lowest BCUT2D eigenvalue weighted by atomic mass is 9.97. The van der Waals surface area contributed by atoms with Gasteiger partial charge in [0.15, 0.2) is 10.9 Å². The van der Waals surface area contributed by atoms with E-state index in [-0.39, 0.29) is 17.1 Å². The molecule has 1 aliphatic carbocycles. The summed E-state index contributed by atoms with van der Waals surface area (Å²) in [7, 11) is -3.38. The molecule has 10 heteroatoms. The number of nitrogens with zero attached hydrogens (tertiary/aromatic N) is 2. The van der Waals surface area contributed by atoms with Crippen molar-refractivity contribution >= 4 is 54.8 Å². The van der Waals surface area contributed by atoms with E-state index in [4.69, 9.17) is 4.98 Å².